The quantitative estimate of drug-likeness (QED) is 0.298. The SMILES string of the molecule is C[C@H]1CN(Cc2nc(Nc3ccc(C(C)(C)C)cc3)c3cnc(-c4ccccc4C(F)(F)F)cc3n2)CCO1. The van der Waals surface area contributed by atoms with Gasteiger partial charge in [-0.1, -0.05) is 51.1 Å². The number of aromatic nitrogens is 3. The number of anilines is 2. The fourth-order valence-corrected chi connectivity index (χ4v) is 4.76. The number of morpholine rings is 1. The molecule has 39 heavy (non-hydrogen) atoms. The van der Waals surface area contributed by atoms with Gasteiger partial charge in [-0.3, -0.25) is 9.88 Å². The second-order valence-corrected chi connectivity index (χ2v) is 11.0. The van der Waals surface area contributed by atoms with Gasteiger partial charge in [-0.2, -0.15) is 13.2 Å². The van der Waals surface area contributed by atoms with Crippen molar-refractivity contribution in [1.82, 2.24) is 19.9 Å². The summed E-state index contributed by atoms with van der Waals surface area (Å²) < 4.78 is 46.9. The maximum absolute atomic E-state index is 13.7. The fraction of sp³-hybridized carbons (Fsp3) is 0.367. The van der Waals surface area contributed by atoms with Gasteiger partial charge in [0.25, 0.3) is 0 Å². The molecular weight excluding hydrogens is 503 g/mol. The highest BCUT2D eigenvalue weighted by atomic mass is 19.4. The Morgan fingerprint density at radius 3 is 2.46 bits per heavy atom. The first-order chi connectivity index (χ1) is 18.5. The van der Waals surface area contributed by atoms with E-state index in [4.69, 9.17) is 14.7 Å². The Morgan fingerprint density at radius 2 is 1.77 bits per heavy atom. The molecule has 3 heterocycles. The van der Waals surface area contributed by atoms with Gasteiger partial charge in [-0.25, -0.2) is 9.97 Å². The van der Waals surface area contributed by atoms with Gasteiger partial charge in [0.05, 0.1) is 41.4 Å². The molecule has 0 saturated carbocycles. The van der Waals surface area contributed by atoms with Gasteiger partial charge in [-0.05, 0) is 42.2 Å². The van der Waals surface area contributed by atoms with Crippen LogP contribution in [0.15, 0.2) is 60.8 Å². The minimum absolute atomic E-state index is 0.0151. The van der Waals surface area contributed by atoms with Gasteiger partial charge < -0.3 is 10.1 Å². The first kappa shape index (κ1) is 27.0. The van der Waals surface area contributed by atoms with Gasteiger partial charge in [0.2, 0.25) is 0 Å². The topological polar surface area (TPSA) is 63.2 Å². The lowest BCUT2D eigenvalue weighted by Gasteiger charge is -2.30. The number of nitrogens with zero attached hydrogens (tertiary/aromatic N) is 4. The van der Waals surface area contributed by atoms with Crippen LogP contribution < -0.4 is 5.32 Å². The number of alkyl halides is 3. The summed E-state index contributed by atoms with van der Waals surface area (Å²) in [4.78, 5) is 16.2. The third-order valence-electron chi connectivity index (χ3n) is 6.84. The number of hydrogen-bond donors (Lipinski definition) is 1. The van der Waals surface area contributed by atoms with Gasteiger partial charge in [0, 0.05) is 30.5 Å². The van der Waals surface area contributed by atoms with Gasteiger partial charge >= 0.3 is 6.18 Å². The van der Waals surface area contributed by atoms with Crippen LogP contribution in [-0.4, -0.2) is 45.7 Å². The number of ether oxygens (including phenoxy) is 1. The average Bonchev–Trinajstić information content (AvgIpc) is 2.88. The minimum atomic E-state index is -4.50. The van der Waals surface area contributed by atoms with Crippen molar-refractivity contribution in [3.63, 3.8) is 0 Å². The molecule has 0 spiro atoms. The zero-order valence-corrected chi connectivity index (χ0v) is 22.5. The highest BCUT2D eigenvalue weighted by Gasteiger charge is 2.33. The highest BCUT2D eigenvalue weighted by molar-refractivity contribution is 5.92. The molecule has 0 aliphatic carbocycles. The number of benzene rings is 2. The van der Waals surface area contributed by atoms with Crippen LogP contribution in [0.3, 0.4) is 0 Å². The van der Waals surface area contributed by atoms with Crippen molar-refractivity contribution >= 4 is 22.4 Å². The van der Waals surface area contributed by atoms with Crippen molar-refractivity contribution in [2.75, 3.05) is 25.0 Å². The van der Waals surface area contributed by atoms with Crippen LogP contribution in [0.5, 0.6) is 0 Å². The average molecular weight is 536 g/mol. The molecule has 204 valence electrons. The van der Waals surface area contributed by atoms with Crippen LogP contribution in [0.4, 0.5) is 24.7 Å². The standard InChI is InChI=1S/C30H32F3N5O/c1-19-17-38(13-14-39-19)18-27-36-26-15-25(22-7-5-6-8-24(22)30(31,32)33)34-16-23(26)28(37-27)35-21-11-9-20(10-12-21)29(2,3)4/h5-12,15-16,19H,13-14,17-18H2,1-4H3,(H,35,36,37)/t19-/m0/s1. The zero-order chi connectivity index (χ0) is 27.8. The summed E-state index contributed by atoms with van der Waals surface area (Å²) in [6.07, 6.45) is -2.85. The first-order valence-corrected chi connectivity index (χ1v) is 13.0. The summed E-state index contributed by atoms with van der Waals surface area (Å²) in [6.45, 7) is 11.1. The molecule has 1 saturated heterocycles. The summed E-state index contributed by atoms with van der Waals surface area (Å²) >= 11 is 0. The van der Waals surface area contributed by atoms with Crippen LogP contribution in [0.25, 0.3) is 22.2 Å². The number of nitrogens with one attached hydrogen (secondary N) is 1. The molecule has 9 heteroatoms. The fourth-order valence-electron chi connectivity index (χ4n) is 4.76. The molecule has 4 aromatic rings. The molecular formula is C30H32F3N5O. The van der Waals surface area contributed by atoms with E-state index < -0.39 is 11.7 Å². The third kappa shape index (κ3) is 6.20. The Morgan fingerprint density at radius 1 is 1.03 bits per heavy atom. The van der Waals surface area contributed by atoms with E-state index in [2.05, 4.69) is 48.1 Å². The Kier molecular flexibility index (Phi) is 7.31. The zero-order valence-electron chi connectivity index (χ0n) is 22.5. The van der Waals surface area contributed by atoms with E-state index in [0.29, 0.717) is 35.7 Å². The molecule has 1 aliphatic rings. The number of halogens is 3. The van der Waals surface area contributed by atoms with Gasteiger partial charge in [0.15, 0.2) is 0 Å². The van der Waals surface area contributed by atoms with Crippen LogP contribution in [0.2, 0.25) is 0 Å². The summed E-state index contributed by atoms with van der Waals surface area (Å²) in [5.41, 5.74) is 2.10. The van der Waals surface area contributed by atoms with E-state index in [9.17, 15) is 13.2 Å². The molecule has 1 aliphatic heterocycles. The van der Waals surface area contributed by atoms with Crippen molar-refractivity contribution in [3.05, 3.63) is 77.7 Å². The Hall–Kier alpha value is -3.56. The Balaban J connectivity index is 1.57. The molecule has 2 aromatic heterocycles. The van der Waals surface area contributed by atoms with Crippen LogP contribution in [0.1, 0.15) is 44.6 Å². The van der Waals surface area contributed by atoms with E-state index >= 15 is 0 Å². The highest BCUT2D eigenvalue weighted by Crippen LogP contribution is 2.37. The Bertz CT molecular complexity index is 1460. The van der Waals surface area contributed by atoms with Gasteiger partial charge in [0.1, 0.15) is 11.6 Å². The molecule has 1 fully saturated rings. The summed E-state index contributed by atoms with van der Waals surface area (Å²) in [7, 11) is 0. The largest absolute Gasteiger partial charge is 0.417 e. The second-order valence-electron chi connectivity index (χ2n) is 11.0. The molecule has 0 unspecified atom stereocenters. The Labute approximate surface area is 226 Å². The molecule has 0 amide bonds. The number of hydrogen-bond acceptors (Lipinski definition) is 6. The van der Waals surface area contributed by atoms with E-state index in [-0.39, 0.29) is 22.8 Å². The lowest BCUT2D eigenvalue weighted by atomic mass is 9.87. The van der Waals surface area contributed by atoms with E-state index in [1.807, 2.05) is 19.1 Å². The second kappa shape index (κ2) is 10.5. The number of rotatable bonds is 5. The lowest BCUT2D eigenvalue weighted by molar-refractivity contribution is -0.137. The molecule has 0 radical (unpaired) electrons. The number of fused-ring (bicyclic) bond motifs is 1. The smallest absolute Gasteiger partial charge is 0.376 e. The molecule has 1 atom stereocenters. The van der Waals surface area contributed by atoms with Crippen molar-refractivity contribution in [3.8, 4) is 11.3 Å². The summed E-state index contributed by atoms with van der Waals surface area (Å²) in [6, 6.07) is 15.2. The lowest BCUT2D eigenvalue weighted by Crippen LogP contribution is -2.40. The first-order valence-electron chi connectivity index (χ1n) is 13.0. The predicted octanol–water partition coefficient (Wildman–Crippen LogP) is 6.97. The normalized spacial score (nSPS) is 16.9. The number of pyridine rings is 1. The third-order valence-corrected chi connectivity index (χ3v) is 6.84. The maximum Gasteiger partial charge on any atom is 0.417 e. The van der Waals surface area contributed by atoms with Crippen LogP contribution >= 0.6 is 0 Å². The predicted molar refractivity (Wildman–Crippen MR) is 147 cm³/mol. The van der Waals surface area contributed by atoms with Crippen LogP contribution in [-0.2, 0) is 22.9 Å². The van der Waals surface area contributed by atoms with Crippen molar-refractivity contribution < 1.29 is 17.9 Å². The molecule has 2 aromatic carbocycles. The minimum Gasteiger partial charge on any atom is -0.376 e. The maximum atomic E-state index is 13.7. The molecule has 1 N–H and O–H groups in total. The van der Waals surface area contributed by atoms with E-state index in [1.54, 1.807) is 18.3 Å². The monoisotopic (exact) mass is 535 g/mol. The molecule has 5 rings (SSSR count). The van der Waals surface area contributed by atoms with E-state index in [0.717, 1.165) is 24.8 Å². The molecule has 0 bridgehead atoms. The van der Waals surface area contributed by atoms with Crippen molar-refractivity contribution in [2.45, 2.75) is 51.9 Å². The summed E-state index contributed by atoms with van der Waals surface area (Å²) in [5.74, 6) is 1.13. The van der Waals surface area contributed by atoms with E-state index in [1.165, 1.54) is 17.7 Å². The van der Waals surface area contributed by atoms with Crippen LogP contribution in [0, 0.1) is 0 Å². The van der Waals surface area contributed by atoms with Crippen molar-refractivity contribution in [1.29, 1.82) is 0 Å². The summed E-state index contributed by atoms with van der Waals surface area (Å²) in [5, 5.41) is 4.02. The van der Waals surface area contributed by atoms with Crippen molar-refractivity contribution in [2.24, 2.45) is 0 Å². The van der Waals surface area contributed by atoms with Gasteiger partial charge in [-0.15, -0.1) is 0 Å². The molecule has 6 nitrogen and oxygen atoms in total.